The summed E-state index contributed by atoms with van der Waals surface area (Å²) in [7, 11) is 1.52. The van der Waals surface area contributed by atoms with Crippen molar-refractivity contribution in [2.24, 2.45) is 0 Å². The molecule has 3 aromatic carbocycles. The quantitative estimate of drug-likeness (QED) is 0.351. The molecule has 5 heteroatoms. The van der Waals surface area contributed by atoms with Crippen LogP contribution in [0.2, 0.25) is 0 Å². The fourth-order valence-electron chi connectivity index (χ4n) is 4.39. The maximum Gasteiger partial charge on any atom is 0.300 e. The zero-order valence-electron chi connectivity index (χ0n) is 18.5. The Morgan fingerprint density at radius 3 is 2.28 bits per heavy atom. The second kappa shape index (κ2) is 8.35. The minimum Gasteiger partial charge on any atom is -0.507 e. The number of Topliss-reactive ketones (excluding diaryl/α,β-unsaturated/α-hetero) is 1. The monoisotopic (exact) mass is 427 g/mol. The summed E-state index contributed by atoms with van der Waals surface area (Å²) in [6.45, 7) is 5.73. The summed E-state index contributed by atoms with van der Waals surface area (Å²) < 4.78 is 5.54. The van der Waals surface area contributed by atoms with Gasteiger partial charge < -0.3 is 9.84 Å². The Morgan fingerprint density at radius 1 is 0.906 bits per heavy atom. The van der Waals surface area contributed by atoms with Crippen LogP contribution in [0.1, 0.15) is 33.9 Å². The largest absolute Gasteiger partial charge is 0.507 e. The Labute approximate surface area is 187 Å². The van der Waals surface area contributed by atoms with Gasteiger partial charge in [-0.3, -0.25) is 14.5 Å². The van der Waals surface area contributed by atoms with Crippen molar-refractivity contribution < 1.29 is 19.4 Å². The predicted octanol–water partition coefficient (Wildman–Crippen LogP) is 5.25. The minimum atomic E-state index is -0.761. The molecule has 1 amide bonds. The van der Waals surface area contributed by atoms with Gasteiger partial charge in [0.15, 0.2) is 0 Å². The van der Waals surface area contributed by atoms with Crippen molar-refractivity contribution in [3.63, 3.8) is 0 Å². The molecule has 5 nitrogen and oxygen atoms in total. The average molecular weight is 428 g/mol. The number of nitrogens with zero attached hydrogens (tertiary/aromatic N) is 1. The van der Waals surface area contributed by atoms with Gasteiger partial charge in [0.25, 0.3) is 11.7 Å². The number of amides is 1. The highest BCUT2D eigenvalue weighted by atomic mass is 16.5. The summed E-state index contributed by atoms with van der Waals surface area (Å²) in [5.41, 5.74) is 4.52. The molecule has 32 heavy (non-hydrogen) atoms. The Bertz CT molecular complexity index is 1240. The van der Waals surface area contributed by atoms with E-state index in [9.17, 15) is 14.7 Å². The van der Waals surface area contributed by atoms with Gasteiger partial charge in [-0.1, -0.05) is 54.1 Å². The first-order valence-corrected chi connectivity index (χ1v) is 10.4. The molecule has 0 aromatic heterocycles. The fraction of sp³-hybridized carbons (Fsp3) is 0.185. The zero-order chi connectivity index (χ0) is 23.0. The second-order valence-electron chi connectivity index (χ2n) is 8.08. The molecule has 1 atom stereocenters. The molecule has 1 aliphatic rings. The molecule has 0 bridgehead atoms. The lowest BCUT2D eigenvalue weighted by atomic mass is 9.93. The van der Waals surface area contributed by atoms with Crippen LogP contribution < -0.4 is 9.64 Å². The molecule has 4 rings (SSSR count). The first-order valence-electron chi connectivity index (χ1n) is 10.4. The number of carbonyl (C=O) groups excluding carboxylic acids is 2. The van der Waals surface area contributed by atoms with Crippen LogP contribution >= 0.6 is 0 Å². The third kappa shape index (κ3) is 3.56. The Hall–Kier alpha value is -3.86. The van der Waals surface area contributed by atoms with E-state index in [0.717, 1.165) is 22.3 Å². The third-order valence-electron chi connectivity index (χ3n) is 5.71. The molecule has 1 saturated heterocycles. The van der Waals surface area contributed by atoms with Gasteiger partial charge in [-0.25, -0.2) is 0 Å². The van der Waals surface area contributed by atoms with Gasteiger partial charge in [-0.05, 0) is 55.7 Å². The Balaban J connectivity index is 2.02. The van der Waals surface area contributed by atoms with Crippen LogP contribution in [0.4, 0.5) is 5.69 Å². The van der Waals surface area contributed by atoms with Crippen LogP contribution in [0.3, 0.4) is 0 Å². The predicted molar refractivity (Wildman–Crippen MR) is 125 cm³/mol. The van der Waals surface area contributed by atoms with Crippen molar-refractivity contribution in [2.75, 3.05) is 12.0 Å². The molecule has 3 aromatic rings. The number of carbonyl (C=O) groups is 2. The molecule has 1 heterocycles. The summed E-state index contributed by atoms with van der Waals surface area (Å²) in [6.07, 6.45) is 0. The van der Waals surface area contributed by atoms with Crippen molar-refractivity contribution in [1.29, 1.82) is 0 Å². The molecule has 162 valence electrons. The number of para-hydroxylation sites is 1. The summed E-state index contributed by atoms with van der Waals surface area (Å²) in [4.78, 5) is 28.0. The Morgan fingerprint density at radius 2 is 1.62 bits per heavy atom. The summed E-state index contributed by atoms with van der Waals surface area (Å²) in [5, 5.41) is 11.4. The molecular weight excluding hydrogens is 402 g/mol. The summed E-state index contributed by atoms with van der Waals surface area (Å²) in [6, 6.07) is 19.6. The van der Waals surface area contributed by atoms with Crippen LogP contribution in [0.5, 0.6) is 5.75 Å². The van der Waals surface area contributed by atoms with Crippen molar-refractivity contribution in [3.05, 3.63) is 100 Å². The zero-order valence-corrected chi connectivity index (χ0v) is 18.5. The molecule has 0 spiro atoms. The minimum absolute atomic E-state index is 0.0488. The number of aliphatic hydroxyl groups excluding tert-OH is 1. The number of hydrogen-bond acceptors (Lipinski definition) is 4. The van der Waals surface area contributed by atoms with Crippen molar-refractivity contribution in [3.8, 4) is 5.75 Å². The Kier molecular flexibility index (Phi) is 5.57. The standard InChI is InChI=1S/C27H25NO4/c1-16-9-8-10-19(14-16)23-22(24(29)21-15-17(2)13-18(3)26(21)32-4)25(30)27(31)28(23)20-11-6-5-7-12-20/h5-15,23,29H,1-4H3/b24-22+. The van der Waals surface area contributed by atoms with E-state index in [1.807, 2.05) is 69.3 Å². The lowest BCUT2D eigenvalue weighted by molar-refractivity contribution is -0.132. The maximum atomic E-state index is 13.3. The number of anilines is 1. The molecule has 1 N–H and O–H groups in total. The van der Waals surface area contributed by atoms with Gasteiger partial charge in [-0.15, -0.1) is 0 Å². The lowest BCUT2D eigenvalue weighted by Gasteiger charge is -2.26. The molecule has 1 aliphatic heterocycles. The summed E-state index contributed by atoms with van der Waals surface area (Å²) in [5.74, 6) is -1.16. The molecule has 0 radical (unpaired) electrons. The highest BCUT2D eigenvalue weighted by Gasteiger charge is 2.47. The summed E-state index contributed by atoms with van der Waals surface area (Å²) >= 11 is 0. The maximum absolute atomic E-state index is 13.3. The number of hydrogen-bond donors (Lipinski definition) is 1. The number of aliphatic hydroxyl groups is 1. The van der Waals surface area contributed by atoms with Crippen LogP contribution in [-0.2, 0) is 9.59 Å². The van der Waals surface area contributed by atoms with E-state index in [0.29, 0.717) is 17.0 Å². The van der Waals surface area contributed by atoms with E-state index in [1.54, 1.807) is 18.2 Å². The topological polar surface area (TPSA) is 66.8 Å². The third-order valence-corrected chi connectivity index (χ3v) is 5.71. The number of aryl methyl sites for hydroxylation is 3. The van der Waals surface area contributed by atoms with Crippen molar-refractivity contribution in [2.45, 2.75) is 26.8 Å². The number of ether oxygens (including phenoxy) is 1. The fourth-order valence-corrected chi connectivity index (χ4v) is 4.39. The van der Waals surface area contributed by atoms with E-state index >= 15 is 0 Å². The van der Waals surface area contributed by atoms with Crippen LogP contribution in [0.25, 0.3) is 5.76 Å². The molecule has 0 saturated carbocycles. The molecule has 1 unspecified atom stereocenters. The number of methoxy groups -OCH3 is 1. The van der Waals surface area contributed by atoms with Gasteiger partial charge in [0.1, 0.15) is 11.5 Å². The number of rotatable bonds is 4. The highest BCUT2D eigenvalue weighted by molar-refractivity contribution is 6.51. The van der Waals surface area contributed by atoms with Crippen molar-refractivity contribution in [1.82, 2.24) is 0 Å². The molecular formula is C27H25NO4. The van der Waals surface area contributed by atoms with E-state index in [2.05, 4.69) is 0 Å². The smallest absolute Gasteiger partial charge is 0.300 e. The van der Waals surface area contributed by atoms with Crippen LogP contribution in [-0.4, -0.2) is 23.9 Å². The molecule has 0 aliphatic carbocycles. The average Bonchev–Trinajstić information content (AvgIpc) is 3.04. The van der Waals surface area contributed by atoms with Crippen LogP contribution in [0, 0.1) is 20.8 Å². The van der Waals surface area contributed by atoms with Crippen molar-refractivity contribution >= 4 is 23.1 Å². The van der Waals surface area contributed by atoms with E-state index in [1.165, 1.54) is 12.0 Å². The van der Waals surface area contributed by atoms with E-state index in [4.69, 9.17) is 4.74 Å². The van der Waals surface area contributed by atoms with Gasteiger partial charge in [0, 0.05) is 5.69 Å². The van der Waals surface area contributed by atoms with E-state index in [-0.39, 0.29) is 11.3 Å². The van der Waals surface area contributed by atoms with Crippen LogP contribution in [0.15, 0.2) is 72.3 Å². The second-order valence-corrected chi connectivity index (χ2v) is 8.08. The van der Waals surface area contributed by atoms with Gasteiger partial charge in [-0.2, -0.15) is 0 Å². The van der Waals surface area contributed by atoms with E-state index < -0.39 is 17.7 Å². The van der Waals surface area contributed by atoms with Gasteiger partial charge in [0.2, 0.25) is 0 Å². The SMILES string of the molecule is COc1c(C)cc(C)cc1/C(O)=C1\C(=O)C(=O)N(c2ccccc2)C1c1cccc(C)c1. The number of benzene rings is 3. The normalized spacial score (nSPS) is 17.6. The number of ketones is 1. The molecule has 1 fully saturated rings. The first kappa shape index (κ1) is 21.4. The highest BCUT2D eigenvalue weighted by Crippen LogP contribution is 2.43. The van der Waals surface area contributed by atoms with Gasteiger partial charge in [0.05, 0.1) is 24.3 Å². The first-order chi connectivity index (χ1) is 15.3. The van der Waals surface area contributed by atoms with Gasteiger partial charge >= 0.3 is 0 Å². The lowest BCUT2D eigenvalue weighted by Crippen LogP contribution is -2.29.